The molecule has 0 amide bonds. The molecule has 122 valence electrons. The van der Waals surface area contributed by atoms with E-state index in [9.17, 15) is 8.42 Å². The van der Waals surface area contributed by atoms with Gasteiger partial charge in [0.25, 0.3) is 0 Å². The number of hydrogen-bond donors (Lipinski definition) is 5. The molecular formula is C13H12N8O2S. The normalized spacial score (nSPS) is 13.2. The van der Waals surface area contributed by atoms with Gasteiger partial charge in [0.2, 0.25) is 15.8 Å². The minimum absolute atomic E-state index is 0.0638. The molecule has 0 saturated heterocycles. The molecule has 0 bridgehead atoms. The zero-order chi connectivity index (χ0) is 16.7. The van der Waals surface area contributed by atoms with E-state index in [0.29, 0.717) is 11.1 Å². The van der Waals surface area contributed by atoms with Crippen molar-refractivity contribution in [2.75, 3.05) is 10.9 Å². The van der Waals surface area contributed by atoms with Gasteiger partial charge in [-0.15, -0.1) is 15.7 Å². The molecule has 11 heteroatoms. The van der Waals surface area contributed by atoms with E-state index in [0.717, 1.165) is 16.9 Å². The molecule has 6 N–H and O–H groups in total. The maximum absolute atomic E-state index is 12.0. The standard InChI is InChI=1S/C13H12N8O2S/c14-24(22,23)11-3-1-2-8(12(11)13-17-20-21-18-13)7-4-5-9-10(6-7)16-19-15-9/h1-6,15-16,19H,(H2,14,22,23)(H,17,18,20,21). The van der Waals surface area contributed by atoms with Crippen molar-refractivity contribution in [3.63, 3.8) is 0 Å². The molecule has 2 aromatic carbocycles. The maximum Gasteiger partial charge on any atom is 0.238 e. The molecule has 0 radical (unpaired) electrons. The number of nitrogens with one attached hydrogen (secondary N) is 4. The average Bonchev–Trinajstić information content (AvgIpc) is 3.24. The Morgan fingerprint density at radius 3 is 2.62 bits per heavy atom. The third kappa shape index (κ3) is 2.36. The summed E-state index contributed by atoms with van der Waals surface area (Å²) in [5.41, 5.74) is 12.1. The average molecular weight is 344 g/mol. The number of aromatic nitrogens is 4. The summed E-state index contributed by atoms with van der Waals surface area (Å²) in [4.78, 5) is -0.0638. The highest BCUT2D eigenvalue weighted by Gasteiger charge is 2.23. The van der Waals surface area contributed by atoms with Gasteiger partial charge in [-0.3, -0.25) is 0 Å². The quantitative estimate of drug-likeness (QED) is 0.459. The molecule has 0 aliphatic carbocycles. The molecule has 1 aliphatic rings. The molecule has 4 rings (SSSR count). The van der Waals surface area contributed by atoms with Crippen LogP contribution in [-0.2, 0) is 10.0 Å². The van der Waals surface area contributed by atoms with Crippen LogP contribution in [0.25, 0.3) is 22.5 Å². The number of benzene rings is 2. The second-order valence-corrected chi connectivity index (χ2v) is 6.62. The number of H-pyrrole nitrogens is 1. The molecular weight excluding hydrogens is 332 g/mol. The van der Waals surface area contributed by atoms with Crippen LogP contribution in [0, 0.1) is 0 Å². The highest BCUT2D eigenvalue weighted by Crippen LogP contribution is 2.37. The summed E-state index contributed by atoms with van der Waals surface area (Å²) < 4.78 is 24.0. The Bertz CT molecular complexity index is 1020. The first-order valence-corrected chi connectivity index (χ1v) is 8.40. The summed E-state index contributed by atoms with van der Waals surface area (Å²) in [6.07, 6.45) is 0. The number of rotatable bonds is 3. The lowest BCUT2D eigenvalue weighted by molar-refractivity contribution is 0.598. The van der Waals surface area contributed by atoms with Crippen molar-refractivity contribution in [3.05, 3.63) is 36.4 Å². The molecule has 0 saturated carbocycles. The van der Waals surface area contributed by atoms with Crippen LogP contribution < -0.4 is 21.5 Å². The summed E-state index contributed by atoms with van der Waals surface area (Å²) in [6, 6.07) is 10.4. The van der Waals surface area contributed by atoms with E-state index in [2.05, 4.69) is 37.0 Å². The summed E-state index contributed by atoms with van der Waals surface area (Å²) >= 11 is 0. The Morgan fingerprint density at radius 2 is 1.88 bits per heavy atom. The minimum Gasteiger partial charge on any atom is -0.302 e. The Morgan fingerprint density at radius 1 is 1.04 bits per heavy atom. The summed E-state index contributed by atoms with van der Waals surface area (Å²) in [6.45, 7) is 0. The van der Waals surface area contributed by atoms with E-state index in [4.69, 9.17) is 5.14 Å². The first-order chi connectivity index (χ1) is 11.5. The number of nitrogens with zero attached hydrogens (tertiary/aromatic N) is 3. The second kappa shape index (κ2) is 5.26. The van der Waals surface area contributed by atoms with E-state index < -0.39 is 10.0 Å². The topological polar surface area (TPSA) is 151 Å². The second-order valence-electron chi connectivity index (χ2n) is 5.09. The molecule has 2 heterocycles. The first-order valence-electron chi connectivity index (χ1n) is 6.85. The molecule has 3 aromatic rings. The van der Waals surface area contributed by atoms with E-state index >= 15 is 0 Å². The van der Waals surface area contributed by atoms with Crippen LogP contribution in [0.2, 0.25) is 0 Å². The van der Waals surface area contributed by atoms with Gasteiger partial charge in [-0.1, -0.05) is 18.2 Å². The van der Waals surface area contributed by atoms with Gasteiger partial charge < -0.3 is 10.9 Å². The third-order valence-corrected chi connectivity index (χ3v) is 4.58. The Kier molecular flexibility index (Phi) is 3.19. The van der Waals surface area contributed by atoms with Crippen LogP contribution in [0.3, 0.4) is 0 Å². The van der Waals surface area contributed by atoms with Crippen LogP contribution in [0.15, 0.2) is 41.3 Å². The number of hydrogen-bond acceptors (Lipinski definition) is 8. The molecule has 0 atom stereocenters. The Labute approximate surface area is 136 Å². The van der Waals surface area contributed by atoms with Crippen molar-refractivity contribution in [1.82, 2.24) is 26.2 Å². The lowest BCUT2D eigenvalue weighted by atomic mass is 9.98. The van der Waals surface area contributed by atoms with Crippen molar-refractivity contribution in [2.45, 2.75) is 4.90 Å². The smallest absolute Gasteiger partial charge is 0.238 e. The predicted octanol–water partition coefficient (Wildman–Crippen LogP) is 0.438. The molecule has 0 fully saturated rings. The van der Waals surface area contributed by atoms with Crippen molar-refractivity contribution in [3.8, 4) is 22.5 Å². The van der Waals surface area contributed by atoms with E-state index in [-0.39, 0.29) is 10.7 Å². The van der Waals surface area contributed by atoms with Crippen molar-refractivity contribution in [2.24, 2.45) is 5.14 Å². The fourth-order valence-electron chi connectivity index (χ4n) is 2.60. The summed E-state index contributed by atoms with van der Waals surface area (Å²) in [7, 11) is -3.96. The molecule has 24 heavy (non-hydrogen) atoms. The lowest BCUT2D eigenvalue weighted by Crippen LogP contribution is -2.19. The van der Waals surface area contributed by atoms with Gasteiger partial charge in [0, 0.05) is 0 Å². The Hall–Kier alpha value is -3.02. The van der Waals surface area contributed by atoms with Crippen LogP contribution in [-0.4, -0.2) is 29.0 Å². The van der Waals surface area contributed by atoms with Gasteiger partial charge in [0.05, 0.1) is 21.8 Å². The summed E-state index contributed by atoms with van der Waals surface area (Å²) in [5.74, 6) is 0.152. The highest BCUT2D eigenvalue weighted by molar-refractivity contribution is 7.89. The SMILES string of the molecule is NS(=O)(=O)c1cccc(-c2ccc3c(c2)NNN3)c1-c1nn[nH]n1. The van der Waals surface area contributed by atoms with Crippen molar-refractivity contribution < 1.29 is 8.42 Å². The summed E-state index contributed by atoms with van der Waals surface area (Å²) in [5, 5.41) is 19.0. The number of fused-ring (bicyclic) bond motifs is 1. The van der Waals surface area contributed by atoms with Gasteiger partial charge in [-0.05, 0) is 34.5 Å². The number of anilines is 2. The zero-order valence-corrected chi connectivity index (χ0v) is 12.9. The molecule has 1 aliphatic heterocycles. The van der Waals surface area contributed by atoms with Crippen LogP contribution in [0.1, 0.15) is 0 Å². The number of nitrogens with two attached hydrogens (primary N) is 1. The first kappa shape index (κ1) is 14.6. The van der Waals surface area contributed by atoms with Crippen LogP contribution in [0.4, 0.5) is 11.4 Å². The fourth-order valence-corrected chi connectivity index (χ4v) is 3.35. The number of tetrazole rings is 1. The van der Waals surface area contributed by atoms with Gasteiger partial charge >= 0.3 is 0 Å². The largest absolute Gasteiger partial charge is 0.302 e. The van der Waals surface area contributed by atoms with E-state index in [1.54, 1.807) is 12.1 Å². The molecule has 0 unspecified atom stereocenters. The molecule has 10 nitrogen and oxygen atoms in total. The molecule has 1 aromatic heterocycles. The van der Waals surface area contributed by atoms with Crippen molar-refractivity contribution in [1.29, 1.82) is 0 Å². The maximum atomic E-state index is 12.0. The minimum atomic E-state index is -3.96. The third-order valence-electron chi connectivity index (χ3n) is 3.63. The Balaban J connectivity index is 1.99. The van der Waals surface area contributed by atoms with Gasteiger partial charge in [0.15, 0.2) is 0 Å². The molecule has 0 spiro atoms. The highest BCUT2D eigenvalue weighted by atomic mass is 32.2. The van der Waals surface area contributed by atoms with E-state index in [1.807, 2.05) is 18.2 Å². The van der Waals surface area contributed by atoms with Gasteiger partial charge in [0.1, 0.15) is 0 Å². The number of aromatic amines is 1. The van der Waals surface area contributed by atoms with Crippen LogP contribution >= 0.6 is 0 Å². The van der Waals surface area contributed by atoms with E-state index in [1.165, 1.54) is 6.07 Å². The number of sulfonamides is 1. The zero-order valence-electron chi connectivity index (χ0n) is 12.1. The number of primary sulfonamides is 1. The van der Waals surface area contributed by atoms with Crippen molar-refractivity contribution >= 4 is 21.4 Å². The van der Waals surface area contributed by atoms with Gasteiger partial charge in [-0.25, -0.2) is 13.6 Å². The fraction of sp³-hybridized carbons (Fsp3) is 0. The van der Waals surface area contributed by atoms with Crippen LogP contribution in [0.5, 0.6) is 0 Å². The monoisotopic (exact) mass is 344 g/mol. The van der Waals surface area contributed by atoms with Gasteiger partial charge in [-0.2, -0.15) is 5.21 Å². The lowest BCUT2D eigenvalue weighted by Gasteiger charge is -2.12. The predicted molar refractivity (Wildman–Crippen MR) is 86.8 cm³/mol. The number of hydrazine groups is 2.